The molecule has 1 aromatic heterocycles. The lowest BCUT2D eigenvalue weighted by Crippen LogP contribution is -2.15. The van der Waals surface area contributed by atoms with Gasteiger partial charge < -0.3 is 10.3 Å². The lowest BCUT2D eigenvalue weighted by atomic mass is 10.1. The first kappa shape index (κ1) is 13.4. The Kier molecular flexibility index (Phi) is 3.01. The van der Waals surface area contributed by atoms with Gasteiger partial charge in [0.2, 0.25) is 0 Å². The maximum Gasteiger partial charge on any atom is 0.416 e. The van der Waals surface area contributed by atoms with Crippen molar-refractivity contribution in [3.05, 3.63) is 29.6 Å². The molecule has 3 rings (SSSR count). The van der Waals surface area contributed by atoms with Crippen molar-refractivity contribution in [2.75, 3.05) is 0 Å². The maximum absolute atomic E-state index is 12.7. The van der Waals surface area contributed by atoms with Gasteiger partial charge in [0.05, 0.1) is 16.6 Å². The minimum absolute atomic E-state index is 0.172. The Bertz CT molecular complexity index is 645. The molecule has 0 spiro atoms. The highest BCUT2D eigenvalue weighted by Crippen LogP contribution is 2.36. The van der Waals surface area contributed by atoms with E-state index >= 15 is 0 Å². The fourth-order valence-corrected chi connectivity index (χ4v) is 3.01. The van der Waals surface area contributed by atoms with Crippen LogP contribution < -0.4 is 5.73 Å². The van der Waals surface area contributed by atoms with Crippen molar-refractivity contribution < 1.29 is 13.2 Å². The molecule has 20 heavy (non-hydrogen) atoms. The van der Waals surface area contributed by atoms with Gasteiger partial charge in [-0.25, -0.2) is 4.98 Å². The van der Waals surface area contributed by atoms with Crippen LogP contribution >= 0.6 is 0 Å². The van der Waals surface area contributed by atoms with E-state index in [-0.39, 0.29) is 12.0 Å². The van der Waals surface area contributed by atoms with E-state index in [1.807, 2.05) is 11.6 Å². The molecule has 1 fully saturated rings. The number of halogens is 3. The molecule has 3 nitrogen and oxygen atoms in total. The second-order valence-electron chi connectivity index (χ2n) is 5.50. The molecule has 0 unspecified atom stereocenters. The fourth-order valence-electron chi connectivity index (χ4n) is 3.01. The molecule has 0 aliphatic heterocycles. The first-order chi connectivity index (χ1) is 9.36. The minimum atomic E-state index is -4.33. The summed E-state index contributed by atoms with van der Waals surface area (Å²) in [6, 6.07) is 3.89. The van der Waals surface area contributed by atoms with Crippen LogP contribution in [0.15, 0.2) is 18.2 Å². The van der Waals surface area contributed by atoms with Crippen molar-refractivity contribution in [3.8, 4) is 0 Å². The zero-order chi connectivity index (χ0) is 14.5. The maximum atomic E-state index is 12.7. The number of nitrogens with two attached hydrogens (primary N) is 1. The van der Waals surface area contributed by atoms with E-state index in [0.29, 0.717) is 5.52 Å². The van der Waals surface area contributed by atoms with Crippen LogP contribution in [-0.4, -0.2) is 15.6 Å². The zero-order valence-electron chi connectivity index (χ0n) is 11.1. The van der Waals surface area contributed by atoms with E-state index in [1.165, 1.54) is 6.07 Å². The molecule has 108 valence electrons. The summed E-state index contributed by atoms with van der Waals surface area (Å²) < 4.78 is 40.1. The summed E-state index contributed by atoms with van der Waals surface area (Å²) >= 11 is 0. The summed E-state index contributed by atoms with van der Waals surface area (Å²) in [6.45, 7) is 0. The summed E-state index contributed by atoms with van der Waals surface area (Å²) in [4.78, 5) is 4.41. The molecule has 2 aromatic rings. The van der Waals surface area contributed by atoms with Crippen LogP contribution in [0.2, 0.25) is 0 Å². The molecular weight excluding hydrogens is 267 g/mol. The van der Waals surface area contributed by atoms with Gasteiger partial charge in [-0.1, -0.05) is 0 Å². The quantitative estimate of drug-likeness (QED) is 0.873. The normalized spacial score (nSPS) is 23.6. The predicted octanol–water partition coefficient (Wildman–Crippen LogP) is 3.19. The minimum Gasteiger partial charge on any atom is -0.331 e. The van der Waals surface area contributed by atoms with Gasteiger partial charge in [0.25, 0.3) is 0 Å². The molecular formula is C14H16F3N3. The van der Waals surface area contributed by atoms with Crippen LogP contribution in [0.1, 0.15) is 36.6 Å². The Morgan fingerprint density at radius 3 is 2.65 bits per heavy atom. The molecule has 2 N–H and O–H groups in total. The zero-order valence-corrected chi connectivity index (χ0v) is 11.1. The van der Waals surface area contributed by atoms with Gasteiger partial charge in [-0.2, -0.15) is 13.2 Å². The SMILES string of the molecule is Cn1c([C@@H]2CC[C@H](N)C2)nc2cc(C(F)(F)F)ccc21. The highest BCUT2D eigenvalue weighted by molar-refractivity contribution is 5.77. The summed E-state index contributed by atoms with van der Waals surface area (Å²) in [6.07, 6.45) is -1.59. The Morgan fingerprint density at radius 2 is 2.05 bits per heavy atom. The Hall–Kier alpha value is -1.56. The van der Waals surface area contributed by atoms with Gasteiger partial charge in [-0.15, -0.1) is 0 Å². The van der Waals surface area contributed by atoms with Crippen molar-refractivity contribution in [3.63, 3.8) is 0 Å². The van der Waals surface area contributed by atoms with Crippen LogP contribution in [0.25, 0.3) is 11.0 Å². The van der Waals surface area contributed by atoms with Crippen LogP contribution in [0.5, 0.6) is 0 Å². The number of nitrogens with zero attached hydrogens (tertiary/aromatic N) is 2. The Morgan fingerprint density at radius 1 is 1.30 bits per heavy atom. The predicted molar refractivity (Wildman–Crippen MR) is 70.3 cm³/mol. The number of rotatable bonds is 1. The third-order valence-electron chi connectivity index (χ3n) is 4.08. The van der Waals surface area contributed by atoms with Crippen LogP contribution in [0.3, 0.4) is 0 Å². The third kappa shape index (κ3) is 2.18. The molecule has 0 radical (unpaired) electrons. The molecule has 0 saturated heterocycles. The first-order valence-corrected chi connectivity index (χ1v) is 6.65. The topological polar surface area (TPSA) is 43.8 Å². The van der Waals surface area contributed by atoms with Crippen molar-refractivity contribution in [2.24, 2.45) is 12.8 Å². The number of aromatic nitrogens is 2. The fraction of sp³-hybridized carbons (Fsp3) is 0.500. The molecule has 1 aromatic carbocycles. The lowest BCUT2D eigenvalue weighted by molar-refractivity contribution is -0.137. The number of fused-ring (bicyclic) bond motifs is 1. The van der Waals surface area contributed by atoms with Gasteiger partial charge in [-0.3, -0.25) is 0 Å². The van der Waals surface area contributed by atoms with Crippen molar-refractivity contribution in [1.82, 2.24) is 9.55 Å². The summed E-state index contributed by atoms with van der Waals surface area (Å²) in [5.41, 5.74) is 6.38. The van der Waals surface area contributed by atoms with Gasteiger partial charge in [0.1, 0.15) is 5.82 Å². The van der Waals surface area contributed by atoms with Crippen molar-refractivity contribution >= 4 is 11.0 Å². The average Bonchev–Trinajstić information content (AvgIpc) is 2.92. The van der Waals surface area contributed by atoms with Crippen LogP contribution in [0, 0.1) is 0 Å². The molecule has 0 amide bonds. The van der Waals surface area contributed by atoms with Gasteiger partial charge in [0.15, 0.2) is 0 Å². The average molecular weight is 283 g/mol. The third-order valence-corrected chi connectivity index (χ3v) is 4.08. The number of alkyl halides is 3. The van der Waals surface area contributed by atoms with Crippen LogP contribution in [0.4, 0.5) is 13.2 Å². The first-order valence-electron chi connectivity index (χ1n) is 6.65. The summed E-state index contributed by atoms with van der Waals surface area (Å²) in [5, 5.41) is 0. The lowest BCUT2D eigenvalue weighted by Gasteiger charge is -2.09. The van der Waals surface area contributed by atoms with E-state index in [4.69, 9.17) is 5.73 Å². The second-order valence-corrected chi connectivity index (χ2v) is 5.50. The van der Waals surface area contributed by atoms with Crippen molar-refractivity contribution in [1.29, 1.82) is 0 Å². The highest BCUT2D eigenvalue weighted by atomic mass is 19.4. The second kappa shape index (κ2) is 4.48. The summed E-state index contributed by atoms with van der Waals surface area (Å²) in [7, 11) is 1.85. The van der Waals surface area contributed by atoms with Crippen molar-refractivity contribution in [2.45, 2.75) is 37.4 Å². The number of hydrogen-bond acceptors (Lipinski definition) is 2. The smallest absolute Gasteiger partial charge is 0.331 e. The Labute approximate surface area is 114 Å². The van der Waals surface area contributed by atoms with Gasteiger partial charge in [-0.05, 0) is 37.5 Å². The van der Waals surface area contributed by atoms with E-state index in [9.17, 15) is 13.2 Å². The largest absolute Gasteiger partial charge is 0.416 e. The molecule has 1 aliphatic rings. The molecule has 1 heterocycles. The molecule has 2 atom stereocenters. The van der Waals surface area contributed by atoms with E-state index < -0.39 is 11.7 Å². The van der Waals surface area contributed by atoms with E-state index in [2.05, 4.69) is 4.98 Å². The molecule has 0 bridgehead atoms. The standard InChI is InChI=1S/C14H16F3N3/c1-20-12-5-3-9(14(15,16)17)7-11(12)19-13(20)8-2-4-10(18)6-8/h3,5,7-8,10H,2,4,6,18H2,1H3/t8-,10+/m1/s1. The highest BCUT2D eigenvalue weighted by Gasteiger charge is 2.32. The van der Waals surface area contributed by atoms with Crippen LogP contribution in [-0.2, 0) is 13.2 Å². The van der Waals surface area contributed by atoms with E-state index in [0.717, 1.165) is 42.7 Å². The monoisotopic (exact) mass is 283 g/mol. The van der Waals surface area contributed by atoms with E-state index in [1.54, 1.807) is 0 Å². The number of hydrogen-bond donors (Lipinski definition) is 1. The van der Waals surface area contributed by atoms with Gasteiger partial charge >= 0.3 is 6.18 Å². The Balaban J connectivity index is 2.05. The van der Waals surface area contributed by atoms with Gasteiger partial charge in [0, 0.05) is 19.0 Å². The number of imidazole rings is 1. The number of benzene rings is 1. The molecule has 1 saturated carbocycles. The molecule has 1 aliphatic carbocycles. The molecule has 6 heteroatoms. The summed E-state index contributed by atoms with van der Waals surface area (Å²) in [5.74, 6) is 1.09. The number of aryl methyl sites for hydroxylation is 1.